The Morgan fingerprint density at radius 1 is 1.30 bits per heavy atom. The highest BCUT2D eigenvalue weighted by Gasteiger charge is 2.11. The van der Waals surface area contributed by atoms with Gasteiger partial charge in [0.05, 0.1) is 16.8 Å². The van der Waals surface area contributed by atoms with Crippen molar-refractivity contribution in [3.63, 3.8) is 0 Å². The van der Waals surface area contributed by atoms with Crippen LogP contribution in [0.2, 0.25) is 0 Å². The molecule has 1 saturated heterocycles. The molecule has 5 heteroatoms. The lowest BCUT2D eigenvalue weighted by Gasteiger charge is -2.28. The predicted molar refractivity (Wildman–Crippen MR) is 85.3 cm³/mol. The van der Waals surface area contributed by atoms with Gasteiger partial charge in [0.1, 0.15) is 5.01 Å². The van der Waals surface area contributed by atoms with Crippen molar-refractivity contribution in [1.29, 1.82) is 0 Å². The van der Waals surface area contributed by atoms with E-state index in [-0.39, 0.29) is 0 Å². The Labute approximate surface area is 124 Å². The maximum atomic E-state index is 4.70. The van der Waals surface area contributed by atoms with Gasteiger partial charge in [0, 0.05) is 39.3 Å². The zero-order valence-corrected chi connectivity index (χ0v) is 12.8. The van der Waals surface area contributed by atoms with Gasteiger partial charge in [0.2, 0.25) is 0 Å². The van der Waals surface area contributed by atoms with Gasteiger partial charge in [-0.25, -0.2) is 4.98 Å². The van der Waals surface area contributed by atoms with Gasteiger partial charge in [-0.1, -0.05) is 12.1 Å². The van der Waals surface area contributed by atoms with Gasteiger partial charge >= 0.3 is 0 Å². The lowest BCUT2D eigenvalue weighted by Crippen LogP contribution is -2.45. The summed E-state index contributed by atoms with van der Waals surface area (Å²) in [6, 6.07) is 8.38. The number of piperazine rings is 1. The average Bonchev–Trinajstić information content (AvgIpc) is 2.88. The molecule has 2 aromatic rings. The summed E-state index contributed by atoms with van der Waals surface area (Å²) in [5, 5.41) is 4.61. The van der Waals surface area contributed by atoms with Crippen molar-refractivity contribution in [3.8, 4) is 0 Å². The standard InChI is InChI=1S/C15H22N4S/c1-18(10-11-19-8-6-16-7-9-19)12-15-17-13-4-2-3-5-14(13)20-15/h2-5,16H,6-12H2,1H3. The van der Waals surface area contributed by atoms with Crippen LogP contribution in [0.25, 0.3) is 10.2 Å². The second-order valence-corrected chi connectivity index (χ2v) is 6.52. The van der Waals surface area contributed by atoms with Gasteiger partial charge in [-0.15, -0.1) is 11.3 Å². The van der Waals surface area contributed by atoms with Crippen molar-refractivity contribution in [3.05, 3.63) is 29.3 Å². The molecule has 2 heterocycles. The van der Waals surface area contributed by atoms with Gasteiger partial charge in [-0.3, -0.25) is 9.80 Å². The number of rotatable bonds is 5. The number of hydrogen-bond acceptors (Lipinski definition) is 5. The molecule has 4 nitrogen and oxygen atoms in total. The third-order valence-electron chi connectivity index (χ3n) is 3.75. The molecular formula is C15H22N4S. The molecule has 0 saturated carbocycles. The summed E-state index contributed by atoms with van der Waals surface area (Å²) in [6.07, 6.45) is 0. The number of thiazole rings is 1. The molecule has 3 rings (SSSR count). The summed E-state index contributed by atoms with van der Waals surface area (Å²) in [5.41, 5.74) is 1.13. The number of para-hydroxylation sites is 1. The third kappa shape index (κ3) is 3.55. The summed E-state index contributed by atoms with van der Waals surface area (Å²) in [4.78, 5) is 9.61. The molecule has 0 atom stereocenters. The number of benzene rings is 1. The number of fused-ring (bicyclic) bond motifs is 1. The lowest BCUT2D eigenvalue weighted by atomic mass is 10.3. The zero-order valence-electron chi connectivity index (χ0n) is 12.0. The number of nitrogens with one attached hydrogen (secondary N) is 1. The summed E-state index contributed by atoms with van der Waals surface area (Å²) in [5.74, 6) is 0. The Morgan fingerprint density at radius 3 is 2.90 bits per heavy atom. The van der Waals surface area contributed by atoms with Crippen LogP contribution in [0, 0.1) is 0 Å². The van der Waals surface area contributed by atoms with E-state index in [2.05, 4.69) is 46.4 Å². The van der Waals surface area contributed by atoms with Gasteiger partial charge < -0.3 is 5.32 Å². The fourth-order valence-corrected chi connectivity index (χ4v) is 3.59. The first kappa shape index (κ1) is 13.9. The molecule has 0 amide bonds. The highest BCUT2D eigenvalue weighted by Crippen LogP contribution is 2.22. The van der Waals surface area contributed by atoms with Crippen molar-refractivity contribution < 1.29 is 0 Å². The number of hydrogen-bond donors (Lipinski definition) is 1. The van der Waals surface area contributed by atoms with E-state index in [1.165, 1.54) is 22.8 Å². The van der Waals surface area contributed by atoms with Crippen LogP contribution >= 0.6 is 11.3 Å². The van der Waals surface area contributed by atoms with Crippen LogP contribution in [0.15, 0.2) is 24.3 Å². The van der Waals surface area contributed by atoms with Gasteiger partial charge in [0.25, 0.3) is 0 Å². The number of likely N-dealkylation sites (N-methyl/N-ethyl adjacent to an activating group) is 1. The molecule has 108 valence electrons. The van der Waals surface area contributed by atoms with Crippen LogP contribution in [0.5, 0.6) is 0 Å². The van der Waals surface area contributed by atoms with Crippen LogP contribution in [-0.2, 0) is 6.54 Å². The van der Waals surface area contributed by atoms with E-state index >= 15 is 0 Å². The molecule has 0 radical (unpaired) electrons. The highest BCUT2D eigenvalue weighted by molar-refractivity contribution is 7.18. The van der Waals surface area contributed by atoms with Gasteiger partial charge in [-0.2, -0.15) is 0 Å². The van der Waals surface area contributed by atoms with Crippen molar-refractivity contribution in [2.75, 3.05) is 46.3 Å². The minimum absolute atomic E-state index is 0.950. The molecule has 0 spiro atoms. The molecule has 1 N–H and O–H groups in total. The largest absolute Gasteiger partial charge is 0.314 e. The van der Waals surface area contributed by atoms with E-state index in [0.717, 1.165) is 38.2 Å². The first-order valence-corrected chi connectivity index (χ1v) is 8.09. The Bertz CT molecular complexity index is 515. The molecule has 0 unspecified atom stereocenters. The Balaban J connectivity index is 1.51. The number of nitrogens with zero attached hydrogens (tertiary/aromatic N) is 3. The Kier molecular flexibility index (Phi) is 4.62. The van der Waals surface area contributed by atoms with E-state index in [9.17, 15) is 0 Å². The van der Waals surface area contributed by atoms with Gasteiger partial charge in [0.15, 0.2) is 0 Å². The third-order valence-corrected chi connectivity index (χ3v) is 4.77. The fourth-order valence-electron chi connectivity index (χ4n) is 2.54. The van der Waals surface area contributed by atoms with Crippen LogP contribution in [0.1, 0.15) is 5.01 Å². The minimum Gasteiger partial charge on any atom is -0.314 e. The predicted octanol–water partition coefficient (Wildman–Crippen LogP) is 1.63. The van der Waals surface area contributed by atoms with E-state index in [1.807, 2.05) is 11.3 Å². The fraction of sp³-hybridized carbons (Fsp3) is 0.533. The molecule has 1 fully saturated rings. The zero-order chi connectivity index (χ0) is 13.8. The van der Waals surface area contributed by atoms with E-state index in [1.54, 1.807) is 0 Å². The number of aromatic nitrogens is 1. The molecule has 1 aliphatic rings. The molecule has 1 aromatic carbocycles. The minimum atomic E-state index is 0.950. The normalized spacial score (nSPS) is 17.1. The summed E-state index contributed by atoms with van der Waals surface area (Å²) >= 11 is 1.81. The van der Waals surface area contributed by atoms with Crippen LogP contribution in [-0.4, -0.2) is 61.1 Å². The maximum Gasteiger partial charge on any atom is 0.108 e. The molecule has 20 heavy (non-hydrogen) atoms. The molecule has 0 aliphatic carbocycles. The monoisotopic (exact) mass is 290 g/mol. The van der Waals surface area contributed by atoms with Crippen molar-refractivity contribution in [1.82, 2.24) is 20.1 Å². The average molecular weight is 290 g/mol. The van der Waals surface area contributed by atoms with Gasteiger partial charge in [-0.05, 0) is 19.2 Å². The lowest BCUT2D eigenvalue weighted by molar-refractivity contribution is 0.202. The Hall–Kier alpha value is -1.01. The van der Waals surface area contributed by atoms with E-state index in [0.29, 0.717) is 0 Å². The molecule has 0 bridgehead atoms. The van der Waals surface area contributed by atoms with Crippen molar-refractivity contribution in [2.24, 2.45) is 0 Å². The van der Waals surface area contributed by atoms with Crippen LogP contribution < -0.4 is 5.32 Å². The van der Waals surface area contributed by atoms with Crippen molar-refractivity contribution in [2.45, 2.75) is 6.54 Å². The topological polar surface area (TPSA) is 31.4 Å². The smallest absolute Gasteiger partial charge is 0.108 e. The SMILES string of the molecule is CN(CCN1CCNCC1)Cc1nc2ccccc2s1. The summed E-state index contributed by atoms with van der Waals surface area (Å²) in [6.45, 7) is 7.82. The van der Waals surface area contributed by atoms with Crippen molar-refractivity contribution >= 4 is 21.6 Å². The molecule has 1 aliphatic heterocycles. The van der Waals surface area contributed by atoms with E-state index in [4.69, 9.17) is 4.98 Å². The van der Waals surface area contributed by atoms with Crippen LogP contribution in [0.4, 0.5) is 0 Å². The first-order valence-electron chi connectivity index (χ1n) is 7.27. The molecule has 1 aromatic heterocycles. The summed E-state index contributed by atoms with van der Waals surface area (Å²) in [7, 11) is 2.19. The second kappa shape index (κ2) is 6.63. The van der Waals surface area contributed by atoms with Crippen LogP contribution in [0.3, 0.4) is 0 Å². The quantitative estimate of drug-likeness (QED) is 0.907. The second-order valence-electron chi connectivity index (χ2n) is 5.40. The Morgan fingerprint density at radius 2 is 2.10 bits per heavy atom. The molecular weight excluding hydrogens is 268 g/mol. The summed E-state index contributed by atoms with van der Waals surface area (Å²) < 4.78 is 1.29. The highest BCUT2D eigenvalue weighted by atomic mass is 32.1. The first-order chi connectivity index (χ1) is 9.81. The maximum absolute atomic E-state index is 4.70. The van der Waals surface area contributed by atoms with E-state index < -0.39 is 0 Å².